The number of oxime groups is 1. The van der Waals surface area contributed by atoms with Crippen LogP contribution in [-0.2, 0) is 25.6 Å². The van der Waals surface area contributed by atoms with Crippen LogP contribution in [-0.4, -0.2) is 67.9 Å². The summed E-state index contributed by atoms with van der Waals surface area (Å²) >= 11 is 2.54. The number of anilines is 1. The number of aryl methyl sites for hydroxylation is 1. The number of H-pyrrole nitrogens is 1. The Morgan fingerprint density at radius 2 is 2.25 bits per heavy atom. The maximum absolute atomic E-state index is 13.1. The van der Waals surface area contributed by atoms with E-state index >= 15 is 0 Å². The number of carbonyl (C=O) groups is 3. The van der Waals surface area contributed by atoms with Gasteiger partial charge in [0.25, 0.3) is 11.8 Å². The number of hydrogen-bond donors (Lipinski definition) is 4. The van der Waals surface area contributed by atoms with Crippen molar-refractivity contribution in [2.45, 2.75) is 24.8 Å². The Morgan fingerprint density at radius 3 is 2.94 bits per heavy atom. The zero-order chi connectivity index (χ0) is 25.6. The number of β-lactam (4-membered cyclic amide) rings is 1. The van der Waals surface area contributed by atoms with Gasteiger partial charge in [-0.05, 0) is 18.6 Å². The second-order valence-electron chi connectivity index (χ2n) is 8.16. The Hall–Kier alpha value is -3.91. The maximum Gasteiger partial charge on any atom is 0.352 e. The van der Waals surface area contributed by atoms with Crippen molar-refractivity contribution in [3.63, 3.8) is 0 Å². The largest absolute Gasteiger partial charge is 0.477 e. The van der Waals surface area contributed by atoms with E-state index in [4.69, 9.17) is 10.6 Å². The molecule has 2 amide bonds. The van der Waals surface area contributed by atoms with Gasteiger partial charge in [-0.25, -0.2) is 9.78 Å². The molecule has 0 bridgehead atoms. The van der Waals surface area contributed by atoms with Crippen LogP contribution in [0.25, 0.3) is 5.52 Å². The van der Waals surface area contributed by atoms with E-state index in [1.807, 2.05) is 35.8 Å². The molecular weight excluding hydrogens is 506 g/mol. The van der Waals surface area contributed by atoms with Crippen molar-refractivity contribution >= 4 is 57.2 Å². The number of nitrogens with two attached hydrogens (primary N) is 1. The van der Waals surface area contributed by atoms with E-state index < -0.39 is 29.2 Å². The van der Waals surface area contributed by atoms with Gasteiger partial charge in [0.1, 0.15) is 29.9 Å². The number of carboxylic acid groups (broad SMARTS) is 1. The fourth-order valence-electron chi connectivity index (χ4n) is 4.38. The van der Waals surface area contributed by atoms with Crippen LogP contribution in [0.3, 0.4) is 0 Å². The molecule has 0 aromatic carbocycles. The molecule has 2 atom stereocenters. The van der Waals surface area contributed by atoms with Crippen LogP contribution in [0, 0.1) is 6.92 Å². The van der Waals surface area contributed by atoms with Gasteiger partial charge in [-0.1, -0.05) is 9.67 Å². The van der Waals surface area contributed by atoms with E-state index in [-0.39, 0.29) is 22.2 Å². The van der Waals surface area contributed by atoms with Gasteiger partial charge in [0.05, 0.1) is 11.3 Å². The Bertz CT molecular complexity index is 1460. The first-order valence-corrected chi connectivity index (χ1v) is 12.7. The number of aliphatic carboxylic acids is 1. The number of thioether (sulfide) groups is 1. The van der Waals surface area contributed by atoms with Crippen LogP contribution in [0.1, 0.15) is 17.0 Å². The Labute approximate surface area is 212 Å². The highest BCUT2D eigenvalue weighted by atomic mass is 32.2. The summed E-state index contributed by atoms with van der Waals surface area (Å²) in [5.74, 6) is -1.96. The van der Waals surface area contributed by atoms with Crippen LogP contribution >= 0.6 is 23.1 Å². The summed E-state index contributed by atoms with van der Waals surface area (Å²) < 4.78 is 1.87. The van der Waals surface area contributed by atoms with E-state index in [9.17, 15) is 19.5 Å². The molecule has 2 aliphatic rings. The minimum Gasteiger partial charge on any atom is -0.477 e. The van der Waals surface area contributed by atoms with Gasteiger partial charge in [-0.15, -0.1) is 23.1 Å². The molecule has 1 fully saturated rings. The number of nitrogen functional groups attached to an aromatic ring is 1. The van der Waals surface area contributed by atoms with Crippen LogP contribution in [0.4, 0.5) is 5.13 Å². The van der Waals surface area contributed by atoms with Crippen molar-refractivity contribution in [3.05, 3.63) is 58.0 Å². The zero-order valence-electron chi connectivity index (χ0n) is 19.2. The number of nitrogens with one attached hydrogen (secondary N) is 2. The average Bonchev–Trinajstić information content (AvgIpc) is 3.42. The van der Waals surface area contributed by atoms with Gasteiger partial charge < -0.3 is 21.0 Å². The van der Waals surface area contributed by atoms with E-state index in [1.54, 1.807) is 5.38 Å². The van der Waals surface area contributed by atoms with Gasteiger partial charge in [0.2, 0.25) is 11.7 Å². The fourth-order valence-corrected chi connectivity index (χ4v) is 6.28. The van der Waals surface area contributed by atoms with Gasteiger partial charge in [-0.2, -0.15) is 5.10 Å². The van der Waals surface area contributed by atoms with Crippen molar-refractivity contribution in [3.8, 4) is 0 Å². The standard InChI is InChI=1S/C22H21N7O5S2/c1-10-12(14-5-3-4-6-28(14)26-10)7-11-8-35-20-16(19(31)29(20)17(11)21(32)33)25-18(30)15(27-34-2)13-9-36-22(23)24-13/h3-6,9,16,20H,7-8H2,1-2H3,(H4,23,24,25,30,32,33)/p+1/b27-15-/t16-,20+/m1/s1. The first-order valence-electron chi connectivity index (χ1n) is 10.8. The van der Waals surface area contributed by atoms with Crippen molar-refractivity contribution < 1.29 is 28.8 Å². The number of nitrogens with zero attached hydrogens (tertiary/aromatic N) is 4. The van der Waals surface area contributed by atoms with E-state index in [1.165, 1.54) is 23.8 Å². The lowest BCUT2D eigenvalue weighted by Gasteiger charge is -2.49. The smallest absolute Gasteiger partial charge is 0.352 e. The number of carboxylic acids is 1. The predicted molar refractivity (Wildman–Crippen MR) is 132 cm³/mol. The third-order valence-corrected chi connectivity index (χ3v) is 8.01. The van der Waals surface area contributed by atoms with Gasteiger partial charge in [-0.3, -0.25) is 14.5 Å². The summed E-state index contributed by atoms with van der Waals surface area (Å²) in [4.78, 5) is 48.3. The number of hydrogen-bond acceptors (Lipinski definition) is 9. The summed E-state index contributed by atoms with van der Waals surface area (Å²) in [6, 6.07) is 4.85. The van der Waals surface area contributed by atoms with Crippen LogP contribution in [0.2, 0.25) is 0 Å². The molecule has 0 saturated carbocycles. The number of fused-ring (bicyclic) bond motifs is 2. The lowest BCUT2D eigenvalue weighted by atomic mass is 9.98. The molecule has 2 aliphatic heterocycles. The highest BCUT2D eigenvalue weighted by molar-refractivity contribution is 8.00. The normalized spacial score (nSPS) is 19.8. The Kier molecular flexibility index (Phi) is 6.14. The maximum atomic E-state index is 13.1. The molecule has 36 heavy (non-hydrogen) atoms. The second kappa shape index (κ2) is 9.28. The number of thiazole rings is 1. The van der Waals surface area contributed by atoms with Crippen LogP contribution < -0.4 is 15.6 Å². The van der Waals surface area contributed by atoms with Crippen molar-refractivity contribution in [2.75, 3.05) is 18.6 Å². The number of rotatable bonds is 7. The number of aromatic amines is 1. The summed E-state index contributed by atoms with van der Waals surface area (Å²) in [7, 11) is 1.29. The summed E-state index contributed by atoms with van der Waals surface area (Å²) in [5, 5.41) is 20.9. The highest BCUT2D eigenvalue weighted by Crippen LogP contribution is 2.41. The number of pyridine rings is 1. The van der Waals surface area contributed by atoms with Gasteiger partial charge >= 0.3 is 5.97 Å². The third kappa shape index (κ3) is 3.97. The molecule has 186 valence electrons. The summed E-state index contributed by atoms with van der Waals surface area (Å²) in [6.45, 7) is 1.93. The van der Waals surface area contributed by atoms with E-state index in [0.717, 1.165) is 28.1 Å². The van der Waals surface area contributed by atoms with Crippen molar-refractivity contribution in [2.24, 2.45) is 5.16 Å². The van der Waals surface area contributed by atoms with Gasteiger partial charge in [0.15, 0.2) is 10.8 Å². The SMILES string of the molecule is CO/N=C(\C(=O)N[C@@H]1C(=O)N2C(C(=O)O)=C(Cc3c(C)[nH][n+]4ccccc34)CS[C@@H]12)c1csc(N)n1. The monoisotopic (exact) mass is 528 g/mol. The highest BCUT2D eigenvalue weighted by Gasteiger charge is 2.54. The molecule has 5 N–H and O–H groups in total. The summed E-state index contributed by atoms with van der Waals surface area (Å²) in [6.07, 6.45) is 2.26. The first-order chi connectivity index (χ1) is 17.3. The van der Waals surface area contributed by atoms with E-state index in [0.29, 0.717) is 17.7 Å². The van der Waals surface area contributed by atoms with Crippen LogP contribution in [0.5, 0.6) is 0 Å². The Balaban J connectivity index is 1.39. The molecule has 5 rings (SSSR count). The van der Waals surface area contributed by atoms with Gasteiger partial charge in [0, 0.05) is 29.7 Å². The molecule has 12 nitrogen and oxygen atoms in total. The molecule has 0 spiro atoms. The minimum atomic E-state index is -1.18. The molecule has 5 heterocycles. The molecule has 1 saturated heterocycles. The zero-order valence-corrected chi connectivity index (χ0v) is 20.9. The molecule has 3 aromatic heterocycles. The number of carbonyl (C=O) groups excluding carboxylic acids is 2. The minimum absolute atomic E-state index is 0.0398. The molecule has 14 heteroatoms. The first kappa shape index (κ1) is 23.8. The molecule has 3 aromatic rings. The number of aromatic nitrogens is 3. The third-order valence-electron chi connectivity index (χ3n) is 6.00. The molecule has 0 unspecified atom stereocenters. The fraction of sp³-hybridized carbons (Fsp3) is 0.273. The molecular formula is C22H22N7O5S2+. The lowest BCUT2D eigenvalue weighted by molar-refractivity contribution is -0.577. The van der Waals surface area contributed by atoms with Crippen molar-refractivity contribution in [1.29, 1.82) is 0 Å². The number of amides is 2. The molecule has 0 aliphatic carbocycles. The Morgan fingerprint density at radius 1 is 1.44 bits per heavy atom. The quantitative estimate of drug-likeness (QED) is 0.148. The second-order valence-corrected chi connectivity index (χ2v) is 10.2. The summed E-state index contributed by atoms with van der Waals surface area (Å²) in [5.41, 5.74) is 9.16. The average molecular weight is 529 g/mol. The lowest BCUT2D eigenvalue weighted by Crippen LogP contribution is -2.71. The van der Waals surface area contributed by atoms with E-state index in [2.05, 4.69) is 20.6 Å². The predicted octanol–water partition coefficient (Wildman–Crippen LogP) is 0.432. The molecule has 0 radical (unpaired) electrons. The van der Waals surface area contributed by atoms with Crippen molar-refractivity contribution in [1.82, 2.24) is 20.3 Å². The van der Waals surface area contributed by atoms with Crippen LogP contribution in [0.15, 0.2) is 46.2 Å². The topological polar surface area (TPSA) is 167 Å².